The largest absolute Gasteiger partial charge is 0.354 e. The molecule has 2 N–H and O–H groups in total. The van der Waals surface area contributed by atoms with E-state index in [1.54, 1.807) is 11.2 Å². The Balaban J connectivity index is 1.96. The molecular formula is C13H19N7O. The first kappa shape index (κ1) is 13.6. The van der Waals surface area contributed by atoms with Crippen LogP contribution in [-0.2, 0) is 4.79 Å². The van der Waals surface area contributed by atoms with Crippen LogP contribution in [0.3, 0.4) is 0 Å². The molecule has 1 amide bonds. The number of carbonyl (C=O) groups excluding carboxylic acids is 1. The van der Waals surface area contributed by atoms with Crippen molar-refractivity contribution < 1.29 is 4.79 Å². The third-order valence-corrected chi connectivity index (χ3v) is 3.56. The number of anilines is 2. The molecule has 0 atom stereocenters. The molecule has 1 fully saturated rings. The summed E-state index contributed by atoms with van der Waals surface area (Å²) >= 11 is 0. The summed E-state index contributed by atoms with van der Waals surface area (Å²) < 4.78 is 0. The smallest absolute Gasteiger partial charge is 0.241 e. The van der Waals surface area contributed by atoms with E-state index in [1.165, 1.54) is 0 Å². The fourth-order valence-electron chi connectivity index (χ4n) is 2.30. The van der Waals surface area contributed by atoms with E-state index in [-0.39, 0.29) is 5.91 Å². The fourth-order valence-corrected chi connectivity index (χ4v) is 2.30. The van der Waals surface area contributed by atoms with E-state index in [0.29, 0.717) is 24.7 Å². The van der Waals surface area contributed by atoms with Crippen LogP contribution in [0.2, 0.25) is 0 Å². The third kappa shape index (κ3) is 2.61. The Kier molecular flexibility index (Phi) is 3.59. The first-order valence-corrected chi connectivity index (χ1v) is 7.13. The van der Waals surface area contributed by atoms with Crippen molar-refractivity contribution in [1.29, 1.82) is 0 Å². The number of imidazole rings is 1. The van der Waals surface area contributed by atoms with Crippen molar-refractivity contribution in [1.82, 2.24) is 24.8 Å². The van der Waals surface area contributed by atoms with Crippen molar-refractivity contribution in [3.63, 3.8) is 0 Å². The van der Waals surface area contributed by atoms with E-state index in [1.807, 2.05) is 11.9 Å². The summed E-state index contributed by atoms with van der Waals surface area (Å²) in [5.41, 5.74) is 1.39. The topological polar surface area (TPSA) is 90.0 Å². The molecule has 1 aliphatic rings. The van der Waals surface area contributed by atoms with Crippen molar-refractivity contribution in [2.75, 3.05) is 43.4 Å². The lowest BCUT2D eigenvalue weighted by molar-refractivity contribution is -0.129. The van der Waals surface area contributed by atoms with Gasteiger partial charge in [0.15, 0.2) is 11.5 Å². The van der Waals surface area contributed by atoms with Gasteiger partial charge < -0.3 is 20.1 Å². The molecule has 0 saturated carbocycles. The Morgan fingerprint density at radius 3 is 3.00 bits per heavy atom. The molecular weight excluding hydrogens is 270 g/mol. The maximum absolute atomic E-state index is 11.9. The molecule has 3 heterocycles. The molecule has 21 heavy (non-hydrogen) atoms. The van der Waals surface area contributed by atoms with Gasteiger partial charge in [-0.15, -0.1) is 0 Å². The standard InChI is InChI=1S/C13H19N7O/c1-3-4-14-13-17-11-10(15-8-16-11)12(18-13)20-6-5-19(2)9(21)7-20/h8H,3-7H2,1-2H3,(H2,14,15,16,17,18). The molecule has 0 bridgehead atoms. The van der Waals surface area contributed by atoms with Crippen molar-refractivity contribution >= 4 is 28.8 Å². The minimum atomic E-state index is 0.0931. The highest BCUT2D eigenvalue weighted by atomic mass is 16.2. The minimum Gasteiger partial charge on any atom is -0.354 e. The van der Waals surface area contributed by atoms with Gasteiger partial charge in [0, 0.05) is 26.7 Å². The van der Waals surface area contributed by atoms with Gasteiger partial charge in [-0.25, -0.2) is 4.98 Å². The monoisotopic (exact) mass is 289 g/mol. The van der Waals surface area contributed by atoms with Crippen molar-refractivity contribution in [2.45, 2.75) is 13.3 Å². The van der Waals surface area contributed by atoms with E-state index < -0.39 is 0 Å². The fraction of sp³-hybridized carbons (Fsp3) is 0.538. The number of fused-ring (bicyclic) bond motifs is 1. The Morgan fingerprint density at radius 1 is 1.38 bits per heavy atom. The summed E-state index contributed by atoms with van der Waals surface area (Å²) in [4.78, 5) is 31.8. The average Bonchev–Trinajstić information content (AvgIpc) is 2.95. The zero-order chi connectivity index (χ0) is 14.8. The number of hydrogen-bond acceptors (Lipinski definition) is 6. The molecule has 2 aromatic heterocycles. The maximum Gasteiger partial charge on any atom is 0.241 e. The molecule has 0 aromatic carbocycles. The molecule has 8 heteroatoms. The summed E-state index contributed by atoms with van der Waals surface area (Å²) in [7, 11) is 1.82. The zero-order valence-electron chi connectivity index (χ0n) is 12.3. The van der Waals surface area contributed by atoms with E-state index in [2.05, 4.69) is 32.2 Å². The van der Waals surface area contributed by atoms with Crippen LogP contribution in [0.25, 0.3) is 11.2 Å². The van der Waals surface area contributed by atoms with Crippen LogP contribution in [0.1, 0.15) is 13.3 Å². The molecule has 0 radical (unpaired) electrons. The van der Waals surface area contributed by atoms with Gasteiger partial charge in [0.1, 0.15) is 5.52 Å². The van der Waals surface area contributed by atoms with Crippen LogP contribution >= 0.6 is 0 Å². The van der Waals surface area contributed by atoms with Crippen LogP contribution in [-0.4, -0.2) is 64.0 Å². The summed E-state index contributed by atoms with van der Waals surface area (Å²) in [6.07, 6.45) is 2.59. The van der Waals surface area contributed by atoms with Crippen LogP contribution in [0.5, 0.6) is 0 Å². The summed E-state index contributed by atoms with van der Waals surface area (Å²) in [6, 6.07) is 0. The van der Waals surface area contributed by atoms with Crippen molar-refractivity contribution in [3.05, 3.63) is 6.33 Å². The normalized spacial score (nSPS) is 15.8. The highest BCUT2D eigenvalue weighted by Gasteiger charge is 2.24. The predicted octanol–water partition coefficient (Wildman–Crippen LogP) is 0.453. The predicted molar refractivity (Wildman–Crippen MR) is 80.3 cm³/mol. The second-order valence-electron chi connectivity index (χ2n) is 5.14. The molecule has 0 unspecified atom stereocenters. The number of aromatic amines is 1. The van der Waals surface area contributed by atoms with Gasteiger partial charge >= 0.3 is 0 Å². The molecule has 1 saturated heterocycles. The molecule has 0 spiro atoms. The Bertz CT molecular complexity index is 653. The van der Waals surface area contributed by atoms with Gasteiger partial charge in [-0.2, -0.15) is 9.97 Å². The first-order valence-electron chi connectivity index (χ1n) is 7.13. The highest BCUT2D eigenvalue weighted by Crippen LogP contribution is 2.23. The summed E-state index contributed by atoms with van der Waals surface area (Å²) in [5.74, 6) is 1.38. The number of likely N-dealkylation sites (N-methyl/N-ethyl adjacent to an activating group) is 1. The third-order valence-electron chi connectivity index (χ3n) is 3.56. The van der Waals surface area contributed by atoms with Gasteiger partial charge in [0.2, 0.25) is 11.9 Å². The second-order valence-corrected chi connectivity index (χ2v) is 5.14. The van der Waals surface area contributed by atoms with Crippen LogP contribution < -0.4 is 10.2 Å². The van der Waals surface area contributed by atoms with Gasteiger partial charge in [0.25, 0.3) is 0 Å². The lowest BCUT2D eigenvalue weighted by Crippen LogP contribution is -2.49. The maximum atomic E-state index is 11.9. The average molecular weight is 289 g/mol. The number of piperazine rings is 1. The number of hydrogen-bond donors (Lipinski definition) is 2. The van der Waals surface area contributed by atoms with Crippen LogP contribution in [0, 0.1) is 0 Å². The molecule has 2 aromatic rings. The van der Waals surface area contributed by atoms with Crippen molar-refractivity contribution in [2.24, 2.45) is 0 Å². The molecule has 112 valence electrons. The lowest BCUT2D eigenvalue weighted by atomic mass is 10.3. The van der Waals surface area contributed by atoms with Gasteiger partial charge in [-0.05, 0) is 6.42 Å². The minimum absolute atomic E-state index is 0.0931. The van der Waals surface area contributed by atoms with Gasteiger partial charge in [0.05, 0.1) is 12.9 Å². The number of rotatable bonds is 4. The number of nitrogens with zero attached hydrogens (tertiary/aromatic N) is 5. The van der Waals surface area contributed by atoms with Gasteiger partial charge in [-0.1, -0.05) is 6.92 Å². The number of aromatic nitrogens is 4. The molecule has 3 rings (SSSR count). The van der Waals surface area contributed by atoms with E-state index >= 15 is 0 Å². The number of H-pyrrole nitrogens is 1. The Hall–Kier alpha value is -2.38. The zero-order valence-corrected chi connectivity index (χ0v) is 12.3. The number of carbonyl (C=O) groups is 1. The summed E-state index contributed by atoms with van der Waals surface area (Å²) in [5, 5.41) is 3.18. The van der Waals surface area contributed by atoms with Crippen LogP contribution in [0.4, 0.5) is 11.8 Å². The van der Waals surface area contributed by atoms with E-state index in [0.717, 1.165) is 30.8 Å². The van der Waals surface area contributed by atoms with Crippen molar-refractivity contribution in [3.8, 4) is 0 Å². The van der Waals surface area contributed by atoms with E-state index in [4.69, 9.17) is 0 Å². The lowest BCUT2D eigenvalue weighted by Gasteiger charge is -2.32. The first-order chi connectivity index (χ1) is 10.2. The number of amides is 1. The van der Waals surface area contributed by atoms with Gasteiger partial charge in [-0.3, -0.25) is 4.79 Å². The van der Waals surface area contributed by atoms with E-state index in [9.17, 15) is 4.79 Å². The molecule has 0 aliphatic carbocycles. The Morgan fingerprint density at radius 2 is 2.24 bits per heavy atom. The highest BCUT2D eigenvalue weighted by molar-refractivity contribution is 5.89. The SMILES string of the molecule is CCCNc1nc(N2CCN(C)C(=O)C2)c2[nH]cnc2n1. The van der Waals surface area contributed by atoms with Crippen LogP contribution in [0.15, 0.2) is 6.33 Å². The molecule has 1 aliphatic heterocycles. The number of nitrogens with one attached hydrogen (secondary N) is 2. The quantitative estimate of drug-likeness (QED) is 0.849. The summed E-state index contributed by atoms with van der Waals surface area (Å²) in [6.45, 7) is 4.66. The molecule has 8 nitrogen and oxygen atoms in total. The Labute approximate surface area is 122 Å². The second kappa shape index (κ2) is 5.55.